The number of fused-ring (bicyclic) bond motifs is 1. The smallest absolute Gasteiger partial charge is 0.279 e. The summed E-state index contributed by atoms with van der Waals surface area (Å²) in [5, 5.41) is 6.83. The highest BCUT2D eigenvalue weighted by Crippen LogP contribution is 2.31. The second kappa shape index (κ2) is 8.29. The molecule has 0 saturated carbocycles. The number of hydrogen-bond acceptors (Lipinski definition) is 7. The van der Waals surface area contributed by atoms with Crippen LogP contribution in [0.2, 0.25) is 0 Å². The molecule has 8 nitrogen and oxygen atoms in total. The molecular formula is C20H22N4O4S2. The summed E-state index contributed by atoms with van der Waals surface area (Å²) in [5.74, 6) is 0.136. The molecule has 4 rings (SSSR count). The number of carbonyl (C=O) groups excluding carboxylic acids is 1. The molecule has 0 unspecified atom stereocenters. The van der Waals surface area contributed by atoms with E-state index in [2.05, 4.69) is 22.4 Å². The van der Waals surface area contributed by atoms with Crippen LogP contribution in [0, 0.1) is 6.92 Å². The van der Waals surface area contributed by atoms with Crippen molar-refractivity contribution >= 4 is 32.4 Å². The maximum absolute atomic E-state index is 13.1. The first kappa shape index (κ1) is 20.7. The van der Waals surface area contributed by atoms with Crippen molar-refractivity contribution < 1.29 is 17.7 Å². The van der Waals surface area contributed by atoms with Crippen molar-refractivity contribution in [2.45, 2.75) is 44.6 Å². The lowest BCUT2D eigenvalue weighted by molar-refractivity contribution is 0.101. The van der Waals surface area contributed by atoms with Crippen LogP contribution in [-0.2, 0) is 29.4 Å². The predicted octanol–water partition coefficient (Wildman–Crippen LogP) is 3.39. The summed E-state index contributed by atoms with van der Waals surface area (Å²) < 4.78 is 32.5. The zero-order valence-electron chi connectivity index (χ0n) is 16.7. The summed E-state index contributed by atoms with van der Waals surface area (Å²) in [6, 6.07) is 8.64. The van der Waals surface area contributed by atoms with E-state index in [1.165, 1.54) is 15.6 Å². The van der Waals surface area contributed by atoms with Gasteiger partial charge in [-0.1, -0.05) is 30.6 Å². The van der Waals surface area contributed by atoms with E-state index >= 15 is 0 Å². The summed E-state index contributed by atoms with van der Waals surface area (Å²) in [5.41, 5.74) is 2.12. The van der Waals surface area contributed by atoms with E-state index in [0.717, 1.165) is 29.0 Å². The largest absolute Gasteiger partial charge is 0.361 e. The molecule has 10 heteroatoms. The minimum absolute atomic E-state index is 0.177. The van der Waals surface area contributed by atoms with Gasteiger partial charge in [0.1, 0.15) is 5.76 Å². The fraction of sp³-hybridized carbons (Fsp3) is 0.350. The summed E-state index contributed by atoms with van der Waals surface area (Å²) in [7, 11) is -3.59. The molecule has 1 N–H and O–H groups in total. The first-order valence-corrected chi connectivity index (χ1v) is 11.9. The van der Waals surface area contributed by atoms with Gasteiger partial charge in [-0.05, 0) is 31.0 Å². The highest BCUT2D eigenvalue weighted by molar-refractivity contribution is 7.89. The zero-order valence-corrected chi connectivity index (χ0v) is 18.3. The van der Waals surface area contributed by atoms with Gasteiger partial charge in [0.05, 0.1) is 17.1 Å². The Morgan fingerprint density at radius 2 is 2.07 bits per heavy atom. The van der Waals surface area contributed by atoms with E-state index in [1.807, 2.05) is 12.1 Å². The molecule has 1 aliphatic rings. The van der Waals surface area contributed by atoms with E-state index in [-0.39, 0.29) is 12.2 Å². The number of sulfonamides is 1. The number of nitrogens with zero attached hydrogens (tertiary/aromatic N) is 3. The van der Waals surface area contributed by atoms with E-state index in [0.29, 0.717) is 28.8 Å². The van der Waals surface area contributed by atoms with Gasteiger partial charge in [-0.15, -0.1) is 11.3 Å². The van der Waals surface area contributed by atoms with Gasteiger partial charge in [0.15, 0.2) is 10.8 Å². The van der Waals surface area contributed by atoms with Gasteiger partial charge in [-0.3, -0.25) is 10.1 Å². The highest BCUT2D eigenvalue weighted by Gasteiger charge is 2.30. The minimum Gasteiger partial charge on any atom is -0.361 e. The Hall–Kier alpha value is -2.56. The second-order valence-electron chi connectivity index (χ2n) is 7.15. The molecule has 158 valence electrons. The second-order valence-corrected chi connectivity index (χ2v) is 10.2. The maximum Gasteiger partial charge on any atom is 0.279 e. The van der Waals surface area contributed by atoms with Gasteiger partial charge < -0.3 is 4.52 Å². The molecule has 0 bridgehead atoms. The Bertz CT molecular complexity index is 1170. The fourth-order valence-corrected chi connectivity index (χ4v) is 5.84. The molecule has 1 amide bonds. The van der Waals surface area contributed by atoms with E-state index in [9.17, 15) is 13.2 Å². The number of anilines is 1. The Morgan fingerprint density at radius 3 is 2.73 bits per heavy atom. The molecular weight excluding hydrogens is 424 g/mol. The Balaban J connectivity index is 1.48. The van der Waals surface area contributed by atoms with Crippen molar-refractivity contribution in [3.8, 4) is 0 Å². The van der Waals surface area contributed by atoms with Crippen LogP contribution in [0.4, 0.5) is 5.13 Å². The Labute approximate surface area is 179 Å². The van der Waals surface area contributed by atoms with Gasteiger partial charge in [-0.2, -0.15) is 4.31 Å². The number of benzene rings is 1. The van der Waals surface area contributed by atoms with Crippen LogP contribution in [0.25, 0.3) is 0 Å². The lowest BCUT2D eigenvalue weighted by atomic mass is 10.1. The zero-order chi connectivity index (χ0) is 21.3. The van der Waals surface area contributed by atoms with Crippen LogP contribution in [0.5, 0.6) is 0 Å². The van der Waals surface area contributed by atoms with Gasteiger partial charge in [0, 0.05) is 23.9 Å². The lowest BCUT2D eigenvalue weighted by Crippen LogP contribution is -2.35. The number of aryl methyl sites for hydroxylation is 2. The first-order valence-electron chi connectivity index (χ1n) is 9.69. The summed E-state index contributed by atoms with van der Waals surface area (Å²) >= 11 is 1.28. The van der Waals surface area contributed by atoms with Crippen molar-refractivity contribution in [3.05, 3.63) is 57.9 Å². The normalized spacial score (nSPS) is 14.5. The van der Waals surface area contributed by atoms with Crippen molar-refractivity contribution in [2.75, 3.05) is 11.9 Å². The minimum atomic E-state index is -3.59. The molecule has 1 aromatic carbocycles. The number of amides is 1. The average Bonchev–Trinajstić information content (AvgIpc) is 3.33. The van der Waals surface area contributed by atoms with E-state index < -0.39 is 15.9 Å². The quantitative estimate of drug-likeness (QED) is 0.622. The Morgan fingerprint density at radius 1 is 1.30 bits per heavy atom. The third kappa shape index (κ3) is 4.16. The number of hydrogen-bond donors (Lipinski definition) is 1. The SMILES string of the molecule is CCCc1ccc(S(=O)(=O)N2CCc3nc(NC(=O)c4cc(C)on4)sc3C2)cc1. The van der Waals surface area contributed by atoms with Crippen molar-refractivity contribution in [1.82, 2.24) is 14.4 Å². The third-order valence-corrected chi connectivity index (χ3v) is 7.73. The number of thiazole rings is 1. The van der Waals surface area contributed by atoms with Gasteiger partial charge in [0.25, 0.3) is 5.91 Å². The molecule has 30 heavy (non-hydrogen) atoms. The molecule has 1 aliphatic heterocycles. The molecule has 0 atom stereocenters. The van der Waals surface area contributed by atoms with E-state index in [4.69, 9.17) is 4.52 Å². The average molecular weight is 447 g/mol. The Kier molecular flexibility index (Phi) is 5.72. The van der Waals surface area contributed by atoms with Crippen molar-refractivity contribution in [3.63, 3.8) is 0 Å². The molecule has 0 fully saturated rings. The van der Waals surface area contributed by atoms with Gasteiger partial charge >= 0.3 is 0 Å². The van der Waals surface area contributed by atoms with Crippen LogP contribution in [0.1, 0.15) is 45.7 Å². The third-order valence-electron chi connectivity index (χ3n) is 4.88. The summed E-state index contributed by atoms with van der Waals surface area (Å²) in [6.07, 6.45) is 2.44. The molecule has 0 aliphatic carbocycles. The molecule has 3 aromatic rings. The summed E-state index contributed by atoms with van der Waals surface area (Å²) in [4.78, 5) is 17.8. The monoisotopic (exact) mass is 446 g/mol. The highest BCUT2D eigenvalue weighted by atomic mass is 32.2. The van der Waals surface area contributed by atoms with Gasteiger partial charge in [-0.25, -0.2) is 13.4 Å². The first-order chi connectivity index (χ1) is 14.4. The summed E-state index contributed by atoms with van der Waals surface area (Å²) in [6.45, 7) is 4.39. The molecule has 3 heterocycles. The topological polar surface area (TPSA) is 105 Å². The standard InChI is InChI=1S/C20H22N4O4S2/c1-3-4-14-5-7-15(8-6-14)30(26,27)24-10-9-16-18(12-24)29-20(21-16)22-19(25)17-11-13(2)28-23-17/h5-8,11H,3-4,9-10,12H2,1-2H3,(H,21,22,25). The predicted molar refractivity (Wildman–Crippen MR) is 113 cm³/mol. The van der Waals surface area contributed by atoms with E-state index in [1.54, 1.807) is 25.1 Å². The van der Waals surface area contributed by atoms with Crippen LogP contribution in [-0.4, -0.2) is 35.3 Å². The van der Waals surface area contributed by atoms with Crippen LogP contribution in [0.15, 0.2) is 39.8 Å². The van der Waals surface area contributed by atoms with Crippen LogP contribution < -0.4 is 5.32 Å². The molecule has 2 aromatic heterocycles. The molecule has 0 radical (unpaired) electrons. The molecule has 0 saturated heterocycles. The maximum atomic E-state index is 13.1. The lowest BCUT2D eigenvalue weighted by Gasteiger charge is -2.25. The number of nitrogens with one attached hydrogen (secondary N) is 1. The molecule has 0 spiro atoms. The van der Waals surface area contributed by atoms with Crippen LogP contribution >= 0.6 is 11.3 Å². The fourth-order valence-electron chi connectivity index (χ4n) is 3.33. The van der Waals surface area contributed by atoms with Crippen LogP contribution in [0.3, 0.4) is 0 Å². The number of aromatic nitrogens is 2. The number of carbonyl (C=O) groups is 1. The number of rotatable bonds is 6. The van der Waals surface area contributed by atoms with Crippen molar-refractivity contribution in [1.29, 1.82) is 0 Å². The van der Waals surface area contributed by atoms with Gasteiger partial charge in [0.2, 0.25) is 10.0 Å². The van der Waals surface area contributed by atoms with Crippen molar-refractivity contribution in [2.24, 2.45) is 0 Å².